The average Bonchev–Trinajstić information content (AvgIpc) is 3.81. The summed E-state index contributed by atoms with van der Waals surface area (Å²) in [4.78, 5) is 80.2. The highest BCUT2D eigenvalue weighted by Crippen LogP contribution is 2.43. The predicted octanol–water partition coefficient (Wildman–Crippen LogP) is 5.93. The third-order valence-corrected chi connectivity index (χ3v) is 10.6. The Morgan fingerprint density at radius 2 is 1.60 bits per heavy atom. The Bertz CT molecular complexity index is 2300. The molecule has 2 amide bonds. The SMILES string of the molecule is C=Cc1c(C)c2cc3nc(c(CC(=O)N[C@@H](CC(=O)O)C(=O)O)c4nc(cc5[nH]c(cc1[nH]2)c(C)c5CC)C(C)=C4C(=O)O)[C@@H](CCC(=O)NCCC)[C@@H]3C. The normalized spacial score (nSPS) is 15.7. The molecule has 8 bridgehead atoms. The van der Waals surface area contributed by atoms with E-state index < -0.39 is 48.6 Å². The number of amides is 2. The van der Waals surface area contributed by atoms with Crippen molar-refractivity contribution in [3.8, 4) is 0 Å². The van der Waals surface area contributed by atoms with Crippen LogP contribution in [0.5, 0.6) is 0 Å². The molecule has 2 aliphatic rings. The Morgan fingerprint density at radius 1 is 0.909 bits per heavy atom. The maximum absolute atomic E-state index is 13.8. The number of carboxylic acid groups (broad SMARTS) is 3. The van der Waals surface area contributed by atoms with Crippen LogP contribution in [0.2, 0.25) is 0 Å². The second-order valence-electron chi connectivity index (χ2n) is 14.1. The van der Waals surface area contributed by atoms with Crippen molar-refractivity contribution in [1.29, 1.82) is 0 Å². The summed E-state index contributed by atoms with van der Waals surface area (Å²) in [5.74, 6) is -6.10. The van der Waals surface area contributed by atoms with Crippen LogP contribution in [0.4, 0.5) is 0 Å². The van der Waals surface area contributed by atoms with Gasteiger partial charge in [0.25, 0.3) is 0 Å². The summed E-state index contributed by atoms with van der Waals surface area (Å²) < 4.78 is 0. The molecule has 290 valence electrons. The first-order chi connectivity index (χ1) is 26.1. The van der Waals surface area contributed by atoms with Crippen molar-refractivity contribution in [3.05, 3.63) is 75.4 Å². The number of H-pyrrole nitrogens is 2. The maximum Gasteiger partial charge on any atom is 0.338 e. The monoisotopic (exact) mass is 752 g/mol. The van der Waals surface area contributed by atoms with Crippen molar-refractivity contribution in [2.45, 2.75) is 97.9 Å². The van der Waals surface area contributed by atoms with Gasteiger partial charge in [0.2, 0.25) is 11.8 Å². The highest BCUT2D eigenvalue weighted by atomic mass is 16.4. The van der Waals surface area contributed by atoms with Gasteiger partial charge in [0.15, 0.2) is 0 Å². The van der Waals surface area contributed by atoms with Crippen LogP contribution in [0, 0.1) is 13.8 Å². The molecule has 7 N–H and O–H groups in total. The molecular formula is C41H48N6O8. The van der Waals surface area contributed by atoms with E-state index in [1.807, 2.05) is 46.8 Å². The molecule has 0 aliphatic carbocycles. The molecule has 0 aromatic carbocycles. The van der Waals surface area contributed by atoms with Gasteiger partial charge < -0.3 is 35.9 Å². The number of hydrogen-bond donors (Lipinski definition) is 7. The van der Waals surface area contributed by atoms with Gasteiger partial charge in [0.05, 0.1) is 35.5 Å². The third kappa shape index (κ3) is 8.22. The number of aryl methyl sites for hydroxylation is 3. The Labute approximate surface area is 318 Å². The van der Waals surface area contributed by atoms with Gasteiger partial charge in [-0.1, -0.05) is 33.4 Å². The molecule has 0 unspecified atom stereocenters. The molecule has 0 radical (unpaired) electrons. The molecule has 3 aromatic rings. The molecule has 14 nitrogen and oxygen atoms in total. The van der Waals surface area contributed by atoms with Crippen molar-refractivity contribution in [1.82, 2.24) is 30.6 Å². The first-order valence-electron chi connectivity index (χ1n) is 18.4. The van der Waals surface area contributed by atoms with Crippen molar-refractivity contribution in [2.24, 2.45) is 0 Å². The van der Waals surface area contributed by atoms with E-state index in [0.29, 0.717) is 42.0 Å². The largest absolute Gasteiger partial charge is 0.481 e. The van der Waals surface area contributed by atoms with E-state index in [-0.39, 0.29) is 35.1 Å². The highest BCUT2D eigenvalue weighted by Gasteiger charge is 2.36. The van der Waals surface area contributed by atoms with Gasteiger partial charge in [-0.25, -0.2) is 14.6 Å². The summed E-state index contributed by atoms with van der Waals surface area (Å²) in [6.45, 7) is 16.1. The number of fused-ring (bicyclic) bond motifs is 8. The molecule has 0 spiro atoms. The molecular weight excluding hydrogens is 704 g/mol. The van der Waals surface area contributed by atoms with Crippen LogP contribution in [0.3, 0.4) is 0 Å². The first-order valence-corrected chi connectivity index (χ1v) is 18.4. The fraction of sp³-hybridized carbons (Fsp3) is 0.390. The predicted molar refractivity (Wildman–Crippen MR) is 209 cm³/mol. The molecule has 0 fully saturated rings. The van der Waals surface area contributed by atoms with Crippen LogP contribution < -0.4 is 10.6 Å². The summed E-state index contributed by atoms with van der Waals surface area (Å²) in [5, 5.41) is 34.9. The number of nitrogens with one attached hydrogen (secondary N) is 4. The van der Waals surface area contributed by atoms with Crippen LogP contribution in [0.1, 0.15) is 116 Å². The van der Waals surface area contributed by atoms with Gasteiger partial charge >= 0.3 is 17.9 Å². The van der Waals surface area contributed by atoms with E-state index in [4.69, 9.17) is 9.97 Å². The van der Waals surface area contributed by atoms with Crippen molar-refractivity contribution in [2.75, 3.05) is 6.54 Å². The zero-order chi connectivity index (χ0) is 40.3. The number of allylic oxidation sites excluding steroid dienone is 1. The van der Waals surface area contributed by atoms with Crippen LogP contribution >= 0.6 is 0 Å². The number of nitrogens with zero attached hydrogens (tertiary/aromatic N) is 2. The Balaban J connectivity index is 1.92. The minimum Gasteiger partial charge on any atom is -0.481 e. The number of aromatic nitrogens is 4. The molecule has 2 aliphatic heterocycles. The topological polar surface area (TPSA) is 227 Å². The Kier molecular flexibility index (Phi) is 12.1. The second-order valence-corrected chi connectivity index (χ2v) is 14.1. The summed E-state index contributed by atoms with van der Waals surface area (Å²) in [6.07, 6.45) is 2.18. The third-order valence-electron chi connectivity index (χ3n) is 10.6. The van der Waals surface area contributed by atoms with E-state index in [1.165, 1.54) is 0 Å². The smallest absolute Gasteiger partial charge is 0.338 e. The molecule has 3 aromatic heterocycles. The van der Waals surface area contributed by atoms with E-state index in [2.05, 4.69) is 27.2 Å². The fourth-order valence-corrected chi connectivity index (χ4v) is 7.52. The average molecular weight is 753 g/mol. The molecule has 55 heavy (non-hydrogen) atoms. The molecule has 5 rings (SSSR count). The number of carbonyl (C=O) groups is 5. The number of rotatable bonds is 14. The van der Waals surface area contributed by atoms with Crippen LogP contribution in [0.15, 0.2) is 24.8 Å². The number of aromatic amines is 2. The minimum atomic E-state index is -1.74. The zero-order valence-corrected chi connectivity index (χ0v) is 32.0. The quantitative estimate of drug-likeness (QED) is 0.103. The number of carboxylic acids is 3. The summed E-state index contributed by atoms with van der Waals surface area (Å²) in [6, 6.07) is 3.97. The Morgan fingerprint density at radius 3 is 2.22 bits per heavy atom. The van der Waals surface area contributed by atoms with E-state index in [1.54, 1.807) is 19.1 Å². The number of hydrogen-bond acceptors (Lipinski definition) is 7. The fourth-order valence-electron chi connectivity index (χ4n) is 7.52. The molecule has 3 atom stereocenters. The lowest BCUT2D eigenvalue weighted by Gasteiger charge is -2.19. The number of carbonyl (C=O) groups excluding carboxylic acids is 2. The van der Waals surface area contributed by atoms with Crippen LogP contribution in [-0.4, -0.2) is 77.6 Å². The zero-order valence-electron chi connectivity index (χ0n) is 32.0. The lowest BCUT2D eigenvalue weighted by atomic mass is 9.84. The van der Waals surface area contributed by atoms with Crippen molar-refractivity contribution in [3.63, 3.8) is 0 Å². The van der Waals surface area contributed by atoms with E-state index in [9.17, 15) is 39.3 Å². The molecule has 0 saturated carbocycles. The van der Waals surface area contributed by atoms with Gasteiger partial charge in [-0.2, -0.15) is 0 Å². The molecule has 14 heteroatoms. The minimum absolute atomic E-state index is 0.0170. The summed E-state index contributed by atoms with van der Waals surface area (Å²) >= 11 is 0. The highest BCUT2D eigenvalue weighted by molar-refractivity contribution is 6.24. The number of aliphatic carboxylic acids is 3. The van der Waals surface area contributed by atoms with E-state index >= 15 is 0 Å². The summed E-state index contributed by atoms with van der Waals surface area (Å²) in [7, 11) is 0. The molecule has 5 heterocycles. The van der Waals surface area contributed by atoms with Crippen molar-refractivity contribution < 1.29 is 39.3 Å². The maximum atomic E-state index is 13.8. The van der Waals surface area contributed by atoms with Crippen LogP contribution in [-0.2, 0) is 36.8 Å². The van der Waals surface area contributed by atoms with Gasteiger partial charge in [-0.15, -0.1) is 0 Å². The lowest BCUT2D eigenvalue weighted by Crippen LogP contribution is -2.43. The van der Waals surface area contributed by atoms with Crippen LogP contribution in [0.25, 0.3) is 39.3 Å². The van der Waals surface area contributed by atoms with Gasteiger partial charge in [0, 0.05) is 63.7 Å². The Hall–Kier alpha value is -6.05. The standard InChI is InChI=1S/C41H48N6O8/c1-8-13-42-34(48)12-11-25-21(6)29-15-27-19(4)23(9-2)31(43-27)16-28-20(5)24(10-3)32(44-28)17-30-22(7)37(41(54)55)39(47-30)26(38(25)46-29)14-35(49)45-33(40(52)53)18-36(50)51/h9,15-17,21,25,33,43-44H,2,8,10-14,18H2,1,3-7H3,(H,42,48)(H,45,49)(H,50,51)(H,52,53)(H,54,55)/t21-,25-,33-/m0/s1. The van der Waals surface area contributed by atoms with E-state index in [0.717, 1.165) is 50.7 Å². The second kappa shape index (κ2) is 16.5. The van der Waals surface area contributed by atoms with Gasteiger partial charge in [-0.05, 0) is 80.5 Å². The van der Waals surface area contributed by atoms with Gasteiger partial charge in [-0.3, -0.25) is 19.4 Å². The van der Waals surface area contributed by atoms with Crippen molar-refractivity contribution >= 4 is 69.0 Å². The lowest BCUT2D eigenvalue weighted by molar-refractivity contribution is -0.147. The first kappa shape index (κ1) is 40.1. The summed E-state index contributed by atoms with van der Waals surface area (Å²) in [5.41, 5.74) is 8.59. The van der Waals surface area contributed by atoms with Gasteiger partial charge in [0.1, 0.15) is 6.04 Å². The molecule has 0 saturated heterocycles.